The summed E-state index contributed by atoms with van der Waals surface area (Å²) in [5, 5.41) is 3.41. The summed E-state index contributed by atoms with van der Waals surface area (Å²) in [6, 6.07) is 4.72. The smallest absolute Gasteiger partial charge is 0.0318 e. The summed E-state index contributed by atoms with van der Waals surface area (Å²) < 4.78 is 0. The number of hydrogen-bond donors (Lipinski definition) is 1. The molecule has 1 heterocycles. The average molecular weight is 262 g/mol. The molecule has 2 nitrogen and oxygen atoms in total. The molecule has 1 aromatic heterocycles. The predicted octanol–water partition coefficient (Wildman–Crippen LogP) is 4.87. The highest BCUT2D eigenvalue weighted by molar-refractivity contribution is 5.14. The number of nitrogens with one attached hydrogen (secondary N) is 1. The van der Waals surface area contributed by atoms with E-state index in [0.717, 1.165) is 0 Å². The van der Waals surface area contributed by atoms with Crippen molar-refractivity contribution in [1.29, 1.82) is 0 Å². The van der Waals surface area contributed by atoms with Gasteiger partial charge in [0.25, 0.3) is 0 Å². The van der Waals surface area contributed by atoms with Crippen LogP contribution in [0.25, 0.3) is 0 Å². The Morgan fingerprint density at radius 3 is 2.11 bits per heavy atom. The second-order valence-electron chi connectivity index (χ2n) is 5.39. The zero-order chi connectivity index (χ0) is 13.8. The van der Waals surface area contributed by atoms with Gasteiger partial charge in [0, 0.05) is 18.4 Å². The summed E-state index contributed by atoms with van der Waals surface area (Å²) in [7, 11) is 2.05. The summed E-state index contributed by atoms with van der Waals surface area (Å²) >= 11 is 0. The van der Waals surface area contributed by atoms with E-state index in [2.05, 4.69) is 36.4 Å². The molecule has 1 aromatic rings. The molecule has 0 fully saturated rings. The summed E-state index contributed by atoms with van der Waals surface area (Å²) in [5.41, 5.74) is 1.36. The van der Waals surface area contributed by atoms with Gasteiger partial charge in [-0.15, -0.1) is 0 Å². The van der Waals surface area contributed by atoms with Crippen LogP contribution in [0.2, 0.25) is 0 Å². The highest BCUT2D eigenvalue weighted by Crippen LogP contribution is 2.19. The highest BCUT2D eigenvalue weighted by atomic mass is 14.9. The normalized spacial score (nSPS) is 12.5. The predicted molar refractivity (Wildman–Crippen MR) is 83.3 cm³/mol. The van der Waals surface area contributed by atoms with Gasteiger partial charge in [0.1, 0.15) is 0 Å². The molecule has 1 atom stereocenters. The summed E-state index contributed by atoms with van der Waals surface area (Å²) in [6.45, 7) is 2.27. The fraction of sp³-hybridized carbons (Fsp3) is 0.706. The monoisotopic (exact) mass is 262 g/mol. The van der Waals surface area contributed by atoms with Crippen molar-refractivity contribution in [1.82, 2.24) is 10.3 Å². The van der Waals surface area contributed by atoms with E-state index in [1.54, 1.807) is 0 Å². The lowest BCUT2D eigenvalue weighted by molar-refractivity contribution is 0.494. The van der Waals surface area contributed by atoms with Crippen LogP contribution >= 0.6 is 0 Å². The standard InChI is InChI=1S/C17H30N2/c1-3-4-5-6-7-8-9-10-11-17(18-2)16-12-14-19-15-13-16/h12-15,17-18H,3-11H2,1-2H3. The molecule has 108 valence electrons. The molecule has 0 aliphatic heterocycles. The first-order valence-electron chi connectivity index (χ1n) is 7.95. The minimum atomic E-state index is 0.489. The number of rotatable bonds is 11. The Hall–Kier alpha value is -0.890. The minimum absolute atomic E-state index is 0.489. The molecule has 0 radical (unpaired) electrons. The van der Waals surface area contributed by atoms with Crippen LogP contribution in [0.4, 0.5) is 0 Å². The van der Waals surface area contributed by atoms with E-state index >= 15 is 0 Å². The minimum Gasteiger partial charge on any atom is -0.313 e. The number of pyridine rings is 1. The molecule has 0 saturated carbocycles. The maximum absolute atomic E-state index is 4.08. The molecule has 0 saturated heterocycles. The number of unbranched alkanes of at least 4 members (excludes halogenated alkanes) is 7. The van der Waals surface area contributed by atoms with Gasteiger partial charge in [0.05, 0.1) is 0 Å². The van der Waals surface area contributed by atoms with Crippen molar-refractivity contribution in [3.8, 4) is 0 Å². The molecular weight excluding hydrogens is 232 g/mol. The lowest BCUT2D eigenvalue weighted by Gasteiger charge is -2.16. The van der Waals surface area contributed by atoms with Crippen molar-refractivity contribution < 1.29 is 0 Å². The van der Waals surface area contributed by atoms with E-state index < -0.39 is 0 Å². The van der Waals surface area contributed by atoms with Gasteiger partial charge >= 0.3 is 0 Å². The molecule has 0 aliphatic carbocycles. The Balaban J connectivity index is 2.07. The quantitative estimate of drug-likeness (QED) is 0.575. The van der Waals surface area contributed by atoms with E-state index in [1.807, 2.05) is 12.4 Å². The number of hydrogen-bond acceptors (Lipinski definition) is 2. The molecule has 0 aromatic carbocycles. The maximum Gasteiger partial charge on any atom is 0.0318 e. The van der Waals surface area contributed by atoms with Gasteiger partial charge in [0.2, 0.25) is 0 Å². The second kappa shape index (κ2) is 11.0. The van der Waals surface area contributed by atoms with Crippen LogP contribution in [-0.2, 0) is 0 Å². The Morgan fingerprint density at radius 2 is 1.53 bits per heavy atom. The molecular formula is C17H30N2. The van der Waals surface area contributed by atoms with Crippen molar-refractivity contribution in [3.63, 3.8) is 0 Å². The fourth-order valence-corrected chi connectivity index (χ4v) is 2.56. The van der Waals surface area contributed by atoms with Crippen LogP contribution < -0.4 is 5.32 Å². The van der Waals surface area contributed by atoms with Crippen LogP contribution in [-0.4, -0.2) is 12.0 Å². The zero-order valence-electron chi connectivity index (χ0n) is 12.7. The van der Waals surface area contributed by atoms with Gasteiger partial charge in [-0.05, 0) is 31.2 Å². The van der Waals surface area contributed by atoms with Crippen molar-refractivity contribution >= 4 is 0 Å². The Bertz CT molecular complexity index is 297. The SMILES string of the molecule is CCCCCCCCCCC(NC)c1ccncc1. The van der Waals surface area contributed by atoms with Crippen LogP contribution in [0.15, 0.2) is 24.5 Å². The molecule has 1 rings (SSSR count). The third kappa shape index (κ3) is 7.31. The molecule has 19 heavy (non-hydrogen) atoms. The van der Waals surface area contributed by atoms with Crippen molar-refractivity contribution in [2.45, 2.75) is 70.8 Å². The van der Waals surface area contributed by atoms with Crippen LogP contribution in [0.5, 0.6) is 0 Å². The highest BCUT2D eigenvalue weighted by Gasteiger charge is 2.07. The Labute approximate surface area is 119 Å². The molecule has 1 N–H and O–H groups in total. The van der Waals surface area contributed by atoms with E-state index in [9.17, 15) is 0 Å². The summed E-state index contributed by atoms with van der Waals surface area (Å²) in [5.74, 6) is 0. The molecule has 2 heteroatoms. The Morgan fingerprint density at radius 1 is 0.947 bits per heavy atom. The van der Waals surface area contributed by atoms with E-state index in [4.69, 9.17) is 0 Å². The molecule has 0 spiro atoms. The van der Waals surface area contributed by atoms with Gasteiger partial charge in [-0.2, -0.15) is 0 Å². The summed E-state index contributed by atoms with van der Waals surface area (Å²) in [4.78, 5) is 4.08. The lowest BCUT2D eigenvalue weighted by Crippen LogP contribution is -2.16. The van der Waals surface area contributed by atoms with Crippen molar-refractivity contribution in [2.24, 2.45) is 0 Å². The van der Waals surface area contributed by atoms with Crippen molar-refractivity contribution in [3.05, 3.63) is 30.1 Å². The van der Waals surface area contributed by atoms with E-state index in [1.165, 1.54) is 63.4 Å². The first-order valence-corrected chi connectivity index (χ1v) is 7.95. The third-order valence-electron chi connectivity index (χ3n) is 3.80. The van der Waals surface area contributed by atoms with Crippen molar-refractivity contribution in [2.75, 3.05) is 7.05 Å². The molecule has 0 amide bonds. The zero-order valence-corrected chi connectivity index (χ0v) is 12.7. The van der Waals surface area contributed by atoms with Gasteiger partial charge in [-0.25, -0.2) is 0 Å². The fourth-order valence-electron chi connectivity index (χ4n) is 2.56. The topological polar surface area (TPSA) is 24.9 Å². The number of nitrogens with zero attached hydrogens (tertiary/aromatic N) is 1. The van der Waals surface area contributed by atoms with Gasteiger partial charge < -0.3 is 5.32 Å². The maximum atomic E-state index is 4.08. The first-order chi connectivity index (χ1) is 9.38. The van der Waals surface area contributed by atoms with Gasteiger partial charge in [-0.1, -0.05) is 58.3 Å². The van der Waals surface area contributed by atoms with Crippen LogP contribution in [0, 0.1) is 0 Å². The molecule has 1 unspecified atom stereocenters. The average Bonchev–Trinajstić information content (AvgIpc) is 2.47. The largest absolute Gasteiger partial charge is 0.313 e. The lowest BCUT2D eigenvalue weighted by atomic mass is 10.0. The van der Waals surface area contributed by atoms with Crippen LogP contribution in [0.1, 0.15) is 76.3 Å². The van der Waals surface area contributed by atoms with Gasteiger partial charge in [0.15, 0.2) is 0 Å². The Kier molecular flexibility index (Phi) is 9.34. The third-order valence-corrected chi connectivity index (χ3v) is 3.80. The number of aromatic nitrogens is 1. The molecule has 0 bridgehead atoms. The molecule has 0 aliphatic rings. The van der Waals surface area contributed by atoms with E-state index in [0.29, 0.717) is 6.04 Å². The second-order valence-corrected chi connectivity index (χ2v) is 5.39. The summed E-state index contributed by atoms with van der Waals surface area (Å²) in [6.07, 6.45) is 16.1. The first kappa shape index (κ1) is 16.2. The van der Waals surface area contributed by atoms with Crippen LogP contribution in [0.3, 0.4) is 0 Å². The van der Waals surface area contributed by atoms with Gasteiger partial charge in [-0.3, -0.25) is 4.98 Å². The van der Waals surface area contributed by atoms with E-state index in [-0.39, 0.29) is 0 Å².